The fourth-order valence-corrected chi connectivity index (χ4v) is 2.94. The normalized spacial score (nSPS) is 19.0. The first-order valence-electron chi connectivity index (χ1n) is 7.46. The molecule has 112 valence electrons. The predicted octanol–water partition coefficient (Wildman–Crippen LogP) is 2.67. The van der Waals surface area contributed by atoms with Gasteiger partial charge in [-0.2, -0.15) is 0 Å². The van der Waals surface area contributed by atoms with Crippen molar-refractivity contribution in [3.8, 4) is 0 Å². The Morgan fingerprint density at radius 2 is 1.60 bits per heavy atom. The van der Waals surface area contributed by atoms with Crippen LogP contribution in [-0.2, 0) is 0 Å². The molecule has 1 atom stereocenters. The highest BCUT2D eigenvalue weighted by atomic mass is 35.5. The third-order valence-corrected chi connectivity index (χ3v) is 4.49. The van der Waals surface area contributed by atoms with E-state index in [2.05, 4.69) is 60.0 Å². The number of hydrogen-bond donors (Lipinski definition) is 0. The Hall–Kier alpha value is -0.770. The van der Waals surface area contributed by atoms with Gasteiger partial charge in [-0.1, -0.05) is 19.1 Å². The van der Waals surface area contributed by atoms with E-state index < -0.39 is 0 Å². The molecule has 3 nitrogen and oxygen atoms in total. The molecule has 1 aliphatic heterocycles. The van der Waals surface area contributed by atoms with Crippen molar-refractivity contribution in [3.05, 3.63) is 29.8 Å². The van der Waals surface area contributed by atoms with Crippen LogP contribution in [0.15, 0.2) is 24.3 Å². The van der Waals surface area contributed by atoms with E-state index >= 15 is 0 Å². The fraction of sp³-hybridized carbons (Fsp3) is 0.625. The van der Waals surface area contributed by atoms with E-state index in [4.69, 9.17) is 11.6 Å². The average molecular weight is 296 g/mol. The second kappa shape index (κ2) is 7.30. The van der Waals surface area contributed by atoms with Crippen LogP contribution < -0.4 is 4.90 Å². The lowest BCUT2D eigenvalue weighted by Crippen LogP contribution is -2.46. The lowest BCUT2D eigenvalue weighted by Gasteiger charge is -2.35. The largest absolute Gasteiger partial charge is 0.378 e. The van der Waals surface area contributed by atoms with E-state index in [1.165, 1.54) is 24.3 Å². The summed E-state index contributed by atoms with van der Waals surface area (Å²) >= 11 is 6.57. The first-order chi connectivity index (χ1) is 9.60. The number of piperazine rings is 1. The van der Waals surface area contributed by atoms with Gasteiger partial charge in [0.05, 0.1) is 5.38 Å². The second-order valence-corrected chi connectivity index (χ2v) is 6.22. The van der Waals surface area contributed by atoms with Gasteiger partial charge in [0.2, 0.25) is 0 Å². The zero-order valence-electron chi connectivity index (χ0n) is 12.8. The molecule has 1 aromatic rings. The van der Waals surface area contributed by atoms with Crippen LogP contribution in [0, 0.1) is 0 Å². The Bertz CT molecular complexity index is 397. The van der Waals surface area contributed by atoms with Crippen molar-refractivity contribution in [2.24, 2.45) is 0 Å². The van der Waals surface area contributed by atoms with Crippen LogP contribution in [0.5, 0.6) is 0 Å². The van der Waals surface area contributed by atoms with E-state index in [0.717, 1.165) is 26.2 Å². The molecule has 1 unspecified atom stereocenters. The minimum absolute atomic E-state index is 0.0828. The van der Waals surface area contributed by atoms with Gasteiger partial charge in [-0.3, -0.25) is 4.90 Å². The number of likely N-dealkylation sites (N-methyl/N-ethyl adjacent to an activating group) is 1. The molecule has 4 heteroatoms. The molecule has 0 aliphatic carbocycles. The molecular weight excluding hydrogens is 270 g/mol. The lowest BCUT2D eigenvalue weighted by molar-refractivity contribution is 0.137. The third kappa shape index (κ3) is 4.11. The Kier molecular flexibility index (Phi) is 5.70. The predicted molar refractivity (Wildman–Crippen MR) is 87.9 cm³/mol. The molecule has 1 aromatic carbocycles. The van der Waals surface area contributed by atoms with Gasteiger partial charge in [0, 0.05) is 52.5 Å². The maximum Gasteiger partial charge on any atom is 0.0712 e. The molecule has 1 aliphatic rings. The molecule has 2 rings (SSSR count). The minimum Gasteiger partial charge on any atom is -0.378 e. The molecule has 0 aromatic heterocycles. The number of rotatable bonds is 5. The molecule has 0 bridgehead atoms. The van der Waals surface area contributed by atoms with E-state index in [-0.39, 0.29) is 5.38 Å². The van der Waals surface area contributed by atoms with Crippen LogP contribution >= 0.6 is 11.6 Å². The standard InChI is InChI=1S/C16H26ClN3/c1-4-19-9-11-20(12-10-19)13-16(17)14-5-7-15(8-6-14)18(2)3/h5-8,16H,4,9-13H2,1-3H3. The summed E-state index contributed by atoms with van der Waals surface area (Å²) in [7, 11) is 4.11. The maximum atomic E-state index is 6.57. The summed E-state index contributed by atoms with van der Waals surface area (Å²) < 4.78 is 0. The topological polar surface area (TPSA) is 9.72 Å². The van der Waals surface area contributed by atoms with Crippen LogP contribution in [0.4, 0.5) is 5.69 Å². The molecule has 20 heavy (non-hydrogen) atoms. The van der Waals surface area contributed by atoms with Gasteiger partial charge in [0.15, 0.2) is 0 Å². The van der Waals surface area contributed by atoms with Crippen LogP contribution in [0.3, 0.4) is 0 Å². The highest BCUT2D eigenvalue weighted by Gasteiger charge is 2.19. The van der Waals surface area contributed by atoms with Crippen LogP contribution in [0.1, 0.15) is 17.9 Å². The number of hydrogen-bond acceptors (Lipinski definition) is 3. The monoisotopic (exact) mass is 295 g/mol. The molecule has 1 saturated heterocycles. The van der Waals surface area contributed by atoms with E-state index in [0.29, 0.717) is 0 Å². The minimum atomic E-state index is 0.0828. The Morgan fingerprint density at radius 3 is 2.10 bits per heavy atom. The summed E-state index contributed by atoms with van der Waals surface area (Å²) in [5.74, 6) is 0. The average Bonchev–Trinajstić information content (AvgIpc) is 2.48. The van der Waals surface area contributed by atoms with Gasteiger partial charge in [0.25, 0.3) is 0 Å². The highest BCUT2D eigenvalue weighted by molar-refractivity contribution is 6.21. The summed E-state index contributed by atoms with van der Waals surface area (Å²) in [6, 6.07) is 8.57. The zero-order valence-corrected chi connectivity index (χ0v) is 13.6. The zero-order chi connectivity index (χ0) is 14.5. The van der Waals surface area contributed by atoms with E-state index in [9.17, 15) is 0 Å². The van der Waals surface area contributed by atoms with Crippen molar-refractivity contribution in [3.63, 3.8) is 0 Å². The fourth-order valence-electron chi connectivity index (χ4n) is 2.60. The number of anilines is 1. The van der Waals surface area contributed by atoms with Gasteiger partial charge in [0.1, 0.15) is 0 Å². The van der Waals surface area contributed by atoms with Gasteiger partial charge in [-0.15, -0.1) is 11.6 Å². The molecule has 1 fully saturated rings. The summed E-state index contributed by atoms with van der Waals surface area (Å²) in [5.41, 5.74) is 2.43. The third-order valence-electron chi connectivity index (χ3n) is 4.10. The van der Waals surface area contributed by atoms with Crippen LogP contribution in [0.25, 0.3) is 0 Å². The van der Waals surface area contributed by atoms with Crippen LogP contribution in [-0.4, -0.2) is 63.2 Å². The van der Waals surface area contributed by atoms with Gasteiger partial charge >= 0.3 is 0 Å². The molecule has 0 N–H and O–H groups in total. The quantitative estimate of drug-likeness (QED) is 0.773. The van der Waals surface area contributed by atoms with Crippen molar-refractivity contribution in [2.75, 3.05) is 58.3 Å². The molecule has 0 spiro atoms. The Labute approximate surface area is 128 Å². The Balaban J connectivity index is 1.87. The molecule has 0 saturated carbocycles. The summed E-state index contributed by atoms with van der Waals surface area (Å²) in [6.45, 7) is 8.93. The number of alkyl halides is 1. The summed E-state index contributed by atoms with van der Waals surface area (Å²) in [6.07, 6.45) is 0. The van der Waals surface area contributed by atoms with Crippen molar-refractivity contribution >= 4 is 17.3 Å². The van der Waals surface area contributed by atoms with Gasteiger partial charge in [-0.25, -0.2) is 0 Å². The number of halogens is 1. The van der Waals surface area contributed by atoms with Crippen LogP contribution in [0.2, 0.25) is 0 Å². The molecule has 1 heterocycles. The molecular formula is C16H26ClN3. The summed E-state index contributed by atoms with van der Waals surface area (Å²) in [4.78, 5) is 7.08. The second-order valence-electron chi connectivity index (χ2n) is 5.69. The van der Waals surface area contributed by atoms with E-state index in [1.807, 2.05) is 0 Å². The smallest absolute Gasteiger partial charge is 0.0712 e. The number of benzene rings is 1. The first-order valence-corrected chi connectivity index (χ1v) is 7.90. The maximum absolute atomic E-state index is 6.57. The molecule has 0 amide bonds. The first kappa shape index (κ1) is 15.6. The van der Waals surface area contributed by atoms with E-state index in [1.54, 1.807) is 0 Å². The summed E-state index contributed by atoms with van der Waals surface area (Å²) in [5, 5.41) is 0.0828. The molecule has 0 radical (unpaired) electrons. The highest BCUT2D eigenvalue weighted by Crippen LogP contribution is 2.24. The van der Waals surface area contributed by atoms with Crippen molar-refractivity contribution in [1.29, 1.82) is 0 Å². The van der Waals surface area contributed by atoms with Gasteiger partial charge in [-0.05, 0) is 24.2 Å². The van der Waals surface area contributed by atoms with Crippen molar-refractivity contribution < 1.29 is 0 Å². The lowest BCUT2D eigenvalue weighted by atomic mass is 10.1. The number of nitrogens with zero attached hydrogens (tertiary/aromatic N) is 3. The van der Waals surface area contributed by atoms with Crippen molar-refractivity contribution in [1.82, 2.24) is 9.80 Å². The SMILES string of the molecule is CCN1CCN(CC(Cl)c2ccc(N(C)C)cc2)CC1. The Morgan fingerprint density at radius 1 is 1.05 bits per heavy atom. The van der Waals surface area contributed by atoms with Crippen molar-refractivity contribution in [2.45, 2.75) is 12.3 Å². The van der Waals surface area contributed by atoms with Gasteiger partial charge < -0.3 is 9.80 Å².